The molecule has 1 N–H and O–H groups in total. The molecule has 0 saturated carbocycles. The van der Waals surface area contributed by atoms with Crippen molar-refractivity contribution >= 4 is 17.4 Å². The summed E-state index contributed by atoms with van der Waals surface area (Å²) in [6.45, 7) is 6.07. The fourth-order valence-corrected chi connectivity index (χ4v) is 3.14. The molecule has 0 aliphatic carbocycles. The lowest BCUT2D eigenvalue weighted by molar-refractivity contribution is 0.0930. The number of nitrogens with one attached hydrogen (secondary N) is 1. The topological polar surface area (TPSA) is 73.3 Å². The molecule has 0 bridgehead atoms. The van der Waals surface area contributed by atoms with Crippen LogP contribution in [-0.4, -0.2) is 28.4 Å². The summed E-state index contributed by atoms with van der Waals surface area (Å²) in [5, 5.41) is 3.32. The molecule has 0 fully saturated rings. The summed E-state index contributed by atoms with van der Waals surface area (Å²) < 4.78 is 28.5. The van der Waals surface area contributed by atoms with Crippen molar-refractivity contribution in [2.24, 2.45) is 5.92 Å². The van der Waals surface area contributed by atoms with E-state index in [0.717, 1.165) is 17.1 Å². The van der Waals surface area contributed by atoms with Gasteiger partial charge < -0.3 is 14.8 Å². The predicted molar refractivity (Wildman–Crippen MR) is 114 cm³/mol. The number of amides is 1. The molecule has 0 aliphatic heterocycles. The maximum atomic E-state index is 13.0. The van der Waals surface area contributed by atoms with Crippen molar-refractivity contribution in [3.63, 3.8) is 0 Å². The number of carbonyl (C=O) groups is 1. The highest BCUT2D eigenvalue weighted by Gasteiger charge is 2.16. The van der Waals surface area contributed by atoms with Crippen LogP contribution in [0.3, 0.4) is 0 Å². The van der Waals surface area contributed by atoms with Crippen molar-refractivity contribution in [1.82, 2.24) is 14.7 Å². The zero-order valence-corrected chi connectivity index (χ0v) is 18.1. The molecule has 0 aliphatic rings. The SMILES string of the molecule is COc1cc(C(=O)NC(C)C(C)C)ccc1Oc1nc(Cc2ccc(F)cc2)ns1. The van der Waals surface area contributed by atoms with Crippen LogP contribution in [0.1, 0.15) is 42.5 Å². The number of ether oxygens (including phenoxy) is 2. The number of hydrogen-bond acceptors (Lipinski definition) is 6. The van der Waals surface area contributed by atoms with E-state index in [0.29, 0.717) is 40.4 Å². The third-order valence-electron chi connectivity index (χ3n) is 4.71. The molecule has 2 aromatic carbocycles. The molecule has 0 radical (unpaired) electrons. The van der Waals surface area contributed by atoms with Crippen molar-refractivity contribution in [1.29, 1.82) is 0 Å². The highest BCUT2D eigenvalue weighted by Crippen LogP contribution is 2.33. The number of nitrogens with zero attached hydrogens (tertiary/aromatic N) is 2. The zero-order chi connectivity index (χ0) is 21.7. The smallest absolute Gasteiger partial charge is 0.298 e. The number of methoxy groups -OCH3 is 1. The highest BCUT2D eigenvalue weighted by molar-refractivity contribution is 7.07. The summed E-state index contributed by atoms with van der Waals surface area (Å²) in [6, 6.07) is 11.3. The molecule has 1 atom stereocenters. The van der Waals surface area contributed by atoms with Gasteiger partial charge in [-0.15, -0.1) is 0 Å². The van der Waals surface area contributed by atoms with Gasteiger partial charge in [-0.1, -0.05) is 26.0 Å². The van der Waals surface area contributed by atoms with E-state index in [4.69, 9.17) is 9.47 Å². The highest BCUT2D eigenvalue weighted by atomic mass is 32.1. The first-order chi connectivity index (χ1) is 14.4. The molecule has 1 heterocycles. The number of rotatable bonds is 8. The molecule has 6 nitrogen and oxygen atoms in total. The van der Waals surface area contributed by atoms with E-state index < -0.39 is 0 Å². The molecular weight excluding hydrogens is 405 g/mol. The van der Waals surface area contributed by atoms with Gasteiger partial charge in [0.2, 0.25) is 0 Å². The Morgan fingerprint density at radius 2 is 1.87 bits per heavy atom. The van der Waals surface area contributed by atoms with Gasteiger partial charge in [0, 0.05) is 29.6 Å². The van der Waals surface area contributed by atoms with Crippen molar-refractivity contribution in [2.75, 3.05) is 7.11 Å². The fourth-order valence-electron chi connectivity index (χ4n) is 2.58. The van der Waals surface area contributed by atoms with Crippen LogP contribution in [0.25, 0.3) is 0 Å². The van der Waals surface area contributed by atoms with E-state index in [1.165, 1.54) is 19.2 Å². The predicted octanol–water partition coefficient (Wildman–Crippen LogP) is 4.84. The normalized spacial score (nSPS) is 11.9. The first kappa shape index (κ1) is 21.7. The molecule has 3 aromatic rings. The molecule has 1 amide bonds. The summed E-state index contributed by atoms with van der Waals surface area (Å²) in [6.07, 6.45) is 0.477. The number of hydrogen-bond donors (Lipinski definition) is 1. The zero-order valence-electron chi connectivity index (χ0n) is 17.3. The van der Waals surface area contributed by atoms with Gasteiger partial charge in [0.05, 0.1) is 7.11 Å². The Hall–Kier alpha value is -3.00. The van der Waals surface area contributed by atoms with Crippen LogP contribution in [-0.2, 0) is 6.42 Å². The Kier molecular flexibility index (Phi) is 6.99. The van der Waals surface area contributed by atoms with E-state index in [-0.39, 0.29) is 17.8 Å². The molecule has 30 heavy (non-hydrogen) atoms. The van der Waals surface area contributed by atoms with E-state index in [1.807, 2.05) is 6.92 Å². The molecular formula is C22H24FN3O3S. The van der Waals surface area contributed by atoms with Gasteiger partial charge in [-0.25, -0.2) is 4.39 Å². The third kappa shape index (κ3) is 5.54. The third-order valence-corrected chi connectivity index (χ3v) is 5.34. The van der Waals surface area contributed by atoms with Crippen molar-refractivity contribution in [3.05, 3.63) is 65.2 Å². The van der Waals surface area contributed by atoms with Crippen LogP contribution in [0.15, 0.2) is 42.5 Å². The van der Waals surface area contributed by atoms with E-state index in [2.05, 4.69) is 28.5 Å². The summed E-state index contributed by atoms with van der Waals surface area (Å²) in [5.41, 5.74) is 1.39. The van der Waals surface area contributed by atoms with Crippen LogP contribution < -0.4 is 14.8 Å². The summed E-state index contributed by atoms with van der Waals surface area (Å²) in [4.78, 5) is 16.8. The minimum Gasteiger partial charge on any atom is -0.493 e. The maximum Gasteiger partial charge on any atom is 0.298 e. The molecule has 158 valence electrons. The van der Waals surface area contributed by atoms with E-state index >= 15 is 0 Å². The second-order valence-corrected chi connectivity index (χ2v) is 7.97. The van der Waals surface area contributed by atoms with Crippen LogP contribution in [0.4, 0.5) is 4.39 Å². The van der Waals surface area contributed by atoms with Gasteiger partial charge in [-0.2, -0.15) is 9.36 Å². The Morgan fingerprint density at radius 1 is 1.13 bits per heavy atom. The standard InChI is InChI=1S/C22H24FN3O3S/c1-13(2)14(3)24-21(27)16-7-10-18(19(12-16)28-4)29-22-25-20(26-30-22)11-15-5-8-17(23)9-6-15/h5-10,12-14H,11H2,1-4H3,(H,24,27). The second kappa shape index (κ2) is 9.67. The molecule has 3 rings (SSSR count). The lowest BCUT2D eigenvalue weighted by Gasteiger charge is -2.18. The summed E-state index contributed by atoms with van der Waals surface area (Å²) in [5.74, 6) is 1.33. The monoisotopic (exact) mass is 429 g/mol. The molecule has 0 spiro atoms. The minimum atomic E-state index is -0.281. The lowest BCUT2D eigenvalue weighted by atomic mass is 10.1. The minimum absolute atomic E-state index is 0.0559. The van der Waals surface area contributed by atoms with E-state index in [9.17, 15) is 9.18 Å². The Labute approximate surface area is 179 Å². The van der Waals surface area contributed by atoms with Gasteiger partial charge >= 0.3 is 0 Å². The van der Waals surface area contributed by atoms with Gasteiger partial charge in [0.15, 0.2) is 17.3 Å². The number of aromatic nitrogens is 2. The number of carbonyl (C=O) groups excluding carboxylic acids is 1. The molecule has 8 heteroatoms. The molecule has 1 unspecified atom stereocenters. The quantitative estimate of drug-likeness (QED) is 0.554. The summed E-state index contributed by atoms with van der Waals surface area (Å²) in [7, 11) is 1.51. The molecule has 0 saturated heterocycles. The van der Waals surface area contributed by atoms with Crippen LogP contribution in [0.2, 0.25) is 0 Å². The molecule has 1 aromatic heterocycles. The maximum absolute atomic E-state index is 13.0. The van der Waals surface area contributed by atoms with Crippen molar-refractivity contribution in [2.45, 2.75) is 33.2 Å². The summed E-state index contributed by atoms with van der Waals surface area (Å²) >= 11 is 1.12. The van der Waals surface area contributed by atoms with Crippen molar-refractivity contribution < 1.29 is 18.7 Å². The Bertz CT molecular complexity index is 1010. The average molecular weight is 430 g/mol. The average Bonchev–Trinajstić information content (AvgIpc) is 3.16. The number of benzene rings is 2. The van der Waals surface area contributed by atoms with Gasteiger partial charge in [-0.05, 0) is 48.7 Å². The lowest BCUT2D eigenvalue weighted by Crippen LogP contribution is -2.36. The Balaban J connectivity index is 1.70. The largest absolute Gasteiger partial charge is 0.493 e. The van der Waals surface area contributed by atoms with E-state index in [1.54, 1.807) is 30.3 Å². The first-order valence-electron chi connectivity index (χ1n) is 9.59. The second-order valence-electron chi connectivity index (χ2n) is 7.25. The first-order valence-corrected chi connectivity index (χ1v) is 10.4. The van der Waals surface area contributed by atoms with Gasteiger partial charge in [0.1, 0.15) is 5.82 Å². The Morgan fingerprint density at radius 3 is 2.53 bits per heavy atom. The van der Waals surface area contributed by atoms with Gasteiger partial charge in [0.25, 0.3) is 11.1 Å². The van der Waals surface area contributed by atoms with Crippen LogP contribution in [0, 0.1) is 11.7 Å². The van der Waals surface area contributed by atoms with Crippen LogP contribution >= 0.6 is 11.5 Å². The fraction of sp³-hybridized carbons (Fsp3) is 0.318. The number of halogens is 1. The van der Waals surface area contributed by atoms with Crippen LogP contribution in [0.5, 0.6) is 16.7 Å². The van der Waals surface area contributed by atoms with Gasteiger partial charge in [-0.3, -0.25) is 4.79 Å². The van der Waals surface area contributed by atoms with Crippen molar-refractivity contribution in [3.8, 4) is 16.7 Å².